The summed E-state index contributed by atoms with van der Waals surface area (Å²) >= 11 is 18.1. The van der Waals surface area contributed by atoms with Crippen molar-refractivity contribution in [3.8, 4) is 0 Å². The highest BCUT2D eigenvalue weighted by atomic mass is 35.5. The molecule has 0 spiro atoms. The number of halogens is 3. The van der Waals surface area contributed by atoms with E-state index in [4.69, 9.17) is 39.5 Å². The number of aromatic nitrogens is 1. The van der Waals surface area contributed by atoms with Gasteiger partial charge >= 0.3 is 6.09 Å². The largest absolute Gasteiger partial charge is 0.453 e. The Hall–Kier alpha value is -2.02. The quantitative estimate of drug-likeness (QED) is 0.789. The molecule has 0 aliphatic carbocycles. The molecule has 2 heterocycles. The van der Waals surface area contributed by atoms with E-state index >= 15 is 0 Å². The van der Waals surface area contributed by atoms with Crippen LogP contribution in [0.2, 0.25) is 15.1 Å². The lowest BCUT2D eigenvalue weighted by Gasteiger charge is -2.28. The highest BCUT2D eigenvalue weighted by Gasteiger charge is 2.25. The predicted molar refractivity (Wildman–Crippen MR) is 100 cm³/mol. The van der Waals surface area contributed by atoms with Gasteiger partial charge in [0.25, 0.3) is 5.91 Å². The fourth-order valence-electron chi connectivity index (χ4n) is 2.82. The van der Waals surface area contributed by atoms with Crippen LogP contribution in [0.3, 0.4) is 0 Å². The van der Waals surface area contributed by atoms with Crippen molar-refractivity contribution in [2.24, 2.45) is 0 Å². The van der Waals surface area contributed by atoms with Crippen LogP contribution in [0.5, 0.6) is 0 Å². The molecule has 0 fully saturated rings. The third-order valence-electron chi connectivity index (χ3n) is 4.06. The summed E-state index contributed by atoms with van der Waals surface area (Å²) in [6.07, 6.45) is 3.23. The molecule has 3 rings (SSSR count). The Morgan fingerprint density at radius 3 is 2.54 bits per heavy atom. The zero-order valence-electron chi connectivity index (χ0n) is 13.7. The van der Waals surface area contributed by atoms with Gasteiger partial charge in [-0.1, -0.05) is 34.8 Å². The van der Waals surface area contributed by atoms with Gasteiger partial charge < -0.3 is 15.0 Å². The molecule has 136 valence electrons. The fourth-order valence-corrected chi connectivity index (χ4v) is 3.73. The predicted octanol–water partition coefficient (Wildman–Crippen LogP) is 4.42. The van der Waals surface area contributed by atoms with Gasteiger partial charge in [0.05, 0.1) is 35.0 Å². The molecule has 2 amide bonds. The van der Waals surface area contributed by atoms with E-state index in [0.29, 0.717) is 30.1 Å². The van der Waals surface area contributed by atoms with Crippen LogP contribution in [0, 0.1) is 0 Å². The Balaban J connectivity index is 1.87. The average Bonchev–Trinajstić information content (AvgIpc) is 2.62. The van der Waals surface area contributed by atoms with E-state index in [-0.39, 0.29) is 21.6 Å². The first-order chi connectivity index (χ1) is 12.4. The van der Waals surface area contributed by atoms with Crippen LogP contribution in [0.25, 0.3) is 0 Å². The van der Waals surface area contributed by atoms with Crippen molar-refractivity contribution in [1.82, 2.24) is 9.88 Å². The molecular formula is C17H14Cl3N3O3. The van der Waals surface area contributed by atoms with Crippen molar-refractivity contribution in [2.75, 3.05) is 19.0 Å². The molecule has 6 nitrogen and oxygen atoms in total. The maximum absolute atomic E-state index is 12.7. The molecule has 0 saturated carbocycles. The summed E-state index contributed by atoms with van der Waals surface area (Å²) in [6.45, 7) is 0.783. The molecule has 0 unspecified atom stereocenters. The number of carbonyl (C=O) groups is 2. The number of pyridine rings is 1. The summed E-state index contributed by atoms with van der Waals surface area (Å²) in [7, 11) is 1.33. The minimum Gasteiger partial charge on any atom is -0.453 e. The second kappa shape index (κ2) is 7.70. The molecule has 2 aromatic rings. The first-order valence-corrected chi connectivity index (χ1v) is 8.78. The Morgan fingerprint density at radius 1 is 1.19 bits per heavy atom. The molecule has 26 heavy (non-hydrogen) atoms. The lowest BCUT2D eigenvalue weighted by atomic mass is 9.97. The number of amides is 2. The standard InChI is InChI=1S/C17H14Cl3N3O3/c1-26-17(25)23-3-2-11-9(8-23)6-21-7-12(11)16(24)22-15-13(19)4-10(18)5-14(15)20/h4-7H,2-3,8H2,1H3,(H,22,24). The maximum atomic E-state index is 12.7. The Labute approximate surface area is 165 Å². The first-order valence-electron chi connectivity index (χ1n) is 7.65. The molecule has 1 aliphatic heterocycles. The Morgan fingerprint density at radius 2 is 1.88 bits per heavy atom. The number of rotatable bonds is 2. The van der Waals surface area contributed by atoms with Crippen LogP contribution < -0.4 is 5.32 Å². The van der Waals surface area contributed by atoms with Crippen LogP contribution >= 0.6 is 34.8 Å². The normalized spacial score (nSPS) is 13.2. The van der Waals surface area contributed by atoms with Crippen LogP contribution in [0.1, 0.15) is 21.5 Å². The van der Waals surface area contributed by atoms with Gasteiger partial charge in [0, 0.05) is 24.0 Å². The van der Waals surface area contributed by atoms with Gasteiger partial charge in [-0.3, -0.25) is 9.78 Å². The number of hydrogen-bond acceptors (Lipinski definition) is 4. The van der Waals surface area contributed by atoms with Crippen molar-refractivity contribution >= 4 is 52.5 Å². The maximum Gasteiger partial charge on any atom is 0.409 e. The van der Waals surface area contributed by atoms with Crippen LogP contribution in [-0.2, 0) is 17.7 Å². The molecule has 0 radical (unpaired) electrons. The minimum atomic E-state index is -0.412. The molecule has 1 aliphatic rings. The molecule has 1 N–H and O–H groups in total. The van der Waals surface area contributed by atoms with E-state index < -0.39 is 6.09 Å². The molecule has 1 aromatic carbocycles. The van der Waals surface area contributed by atoms with Crippen LogP contribution in [0.15, 0.2) is 24.5 Å². The number of anilines is 1. The zero-order valence-corrected chi connectivity index (χ0v) is 16.0. The number of carbonyl (C=O) groups excluding carboxylic acids is 2. The summed E-state index contributed by atoms with van der Waals surface area (Å²) in [4.78, 5) is 30.1. The number of fused-ring (bicyclic) bond motifs is 1. The lowest BCUT2D eigenvalue weighted by Crippen LogP contribution is -2.36. The summed E-state index contributed by atoms with van der Waals surface area (Å²) in [5.41, 5.74) is 2.32. The zero-order chi connectivity index (χ0) is 18.8. The van der Waals surface area contributed by atoms with Gasteiger partial charge in [0.2, 0.25) is 0 Å². The van der Waals surface area contributed by atoms with Gasteiger partial charge in [0.15, 0.2) is 0 Å². The van der Waals surface area contributed by atoms with Crippen molar-refractivity contribution in [1.29, 1.82) is 0 Å². The second-order valence-corrected chi connectivity index (χ2v) is 6.92. The SMILES string of the molecule is COC(=O)N1CCc2c(cncc2C(=O)Nc2c(Cl)cc(Cl)cc2Cl)C1. The van der Waals surface area contributed by atoms with Crippen molar-refractivity contribution in [2.45, 2.75) is 13.0 Å². The van der Waals surface area contributed by atoms with Crippen molar-refractivity contribution in [3.63, 3.8) is 0 Å². The second-order valence-electron chi connectivity index (χ2n) is 5.66. The van der Waals surface area contributed by atoms with Gasteiger partial charge in [-0.15, -0.1) is 0 Å². The summed E-state index contributed by atoms with van der Waals surface area (Å²) < 4.78 is 4.74. The number of nitrogens with zero attached hydrogens (tertiary/aromatic N) is 2. The monoisotopic (exact) mass is 413 g/mol. The van der Waals surface area contributed by atoms with Gasteiger partial charge in [0.1, 0.15) is 0 Å². The third-order valence-corrected chi connectivity index (χ3v) is 4.88. The van der Waals surface area contributed by atoms with E-state index in [1.807, 2.05) is 0 Å². The number of nitrogens with one attached hydrogen (secondary N) is 1. The van der Waals surface area contributed by atoms with E-state index in [2.05, 4.69) is 10.3 Å². The molecular weight excluding hydrogens is 401 g/mol. The Bertz CT molecular complexity index is 866. The highest BCUT2D eigenvalue weighted by molar-refractivity contribution is 6.42. The first kappa shape index (κ1) is 18.8. The smallest absolute Gasteiger partial charge is 0.409 e. The average molecular weight is 415 g/mol. The van der Waals surface area contributed by atoms with Crippen LogP contribution in [0.4, 0.5) is 10.5 Å². The van der Waals surface area contributed by atoms with Gasteiger partial charge in [-0.25, -0.2) is 4.79 Å². The molecule has 1 aromatic heterocycles. The summed E-state index contributed by atoms with van der Waals surface area (Å²) in [5, 5.41) is 3.57. The van der Waals surface area contributed by atoms with E-state index in [1.165, 1.54) is 25.4 Å². The molecule has 0 bridgehead atoms. The van der Waals surface area contributed by atoms with E-state index in [1.54, 1.807) is 11.1 Å². The van der Waals surface area contributed by atoms with Gasteiger partial charge in [-0.05, 0) is 29.7 Å². The van der Waals surface area contributed by atoms with Crippen LogP contribution in [-0.4, -0.2) is 35.5 Å². The van der Waals surface area contributed by atoms with Crippen molar-refractivity contribution in [3.05, 3.63) is 56.3 Å². The fraction of sp³-hybridized carbons (Fsp3) is 0.235. The van der Waals surface area contributed by atoms with Crippen molar-refractivity contribution < 1.29 is 14.3 Å². The summed E-state index contributed by atoms with van der Waals surface area (Å²) in [6, 6.07) is 3.00. The number of benzene rings is 1. The topological polar surface area (TPSA) is 71.5 Å². The molecule has 9 heteroatoms. The third kappa shape index (κ3) is 3.72. The number of methoxy groups -OCH3 is 1. The highest BCUT2D eigenvalue weighted by Crippen LogP contribution is 2.34. The Kier molecular flexibility index (Phi) is 5.55. The van der Waals surface area contributed by atoms with E-state index in [0.717, 1.165) is 11.1 Å². The summed E-state index contributed by atoms with van der Waals surface area (Å²) in [5.74, 6) is -0.382. The minimum absolute atomic E-state index is 0.241. The van der Waals surface area contributed by atoms with Gasteiger partial charge in [-0.2, -0.15) is 0 Å². The number of hydrogen-bond donors (Lipinski definition) is 1. The molecule has 0 saturated heterocycles. The van der Waals surface area contributed by atoms with E-state index in [9.17, 15) is 9.59 Å². The number of ether oxygens (including phenoxy) is 1. The molecule has 0 atom stereocenters. The lowest BCUT2D eigenvalue weighted by molar-refractivity contribution is 0.102.